The first-order valence-corrected chi connectivity index (χ1v) is 9.44. The van der Waals surface area contributed by atoms with Gasteiger partial charge in [-0.25, -0.2) is 8.42 Å². The fraction of sp³-hybridized carbons (Fsp3) is 0.333. The third-order valence-electron chi connectivity index (χ3n) is 3.13. The first-order valence-electron chi connectivity index (χ1n) is 7.41. The summed E-state index contributed by atoms with van der Waals surface area (Å²) in [6.45, 7) is 1.78. The van der Waals surface area contributed by atoms with Gasteiger partial charge in [-0.1, -0.05) is 18.5 Å². The van der Waals surface area contributed by atoms with Gasteiger partial charge in [0.15, 0.2) is 11.6 Å². The molecule has 1 heterocycles. The molecule has 0 unspecified atom stereocenters. The average Bonchev–Trinajstić information content (AvgIpc) is 2.57. The van der Waals surface area contributed by atoms with E-state index < -0.39 is 10.0 Å². The molecule has 0 bridgehead atoms. The van der Waals surface area contributed by atoms with Crippen LogP contribution in [0.15, 0.2) is 24.3 Å². The van der Waals surface area contributed by atoms with Crippen molar-refractivity contribution in [2.24, 2.45) is 0 Å². The third-order valence-corrected chi connectivity index (χ3v) is 4.90. The van der Waals surface area contributed by atoms with E-state index in [1.54, 1.807) is 25.1 Å². The van der Waals surface area contributed by atoms with Crippen LogP contribution in [0.3, 0.4) is 0 Å². The largest absolute Gasteiger partial charge is 0.495 e. The van der Waals surface area contributed by atoms with Gasteiger partial charge in [0.2, 0.25) is 10.0 Å². The van der Waals surface area contributed by atoms with Crippen molar-refractivity contribution in [1.29, 1.82) is 0 Å². The van der Waals surface area contributed by atoms with Crippen molar-refractivity contribution < 1.29 is 17.9 Å². The van der Waals surface area contributed by atoms with Crippen molar-refractivity contribution in [2.75, 3.05) is 30.0 Å². The lowest BCUT2D eigenvalue weighted by atomic mass is 10.2. The quantitative estimate of drug-likeness (QED) is 0.718. The molecule has 136 valence electrons. The molecule has 0 atom stereocenters. The molecule has 0 fully saturated rings. The van der Waals surface area contributed by atoms with E-state index in [2.05, 4.69) is 20.2 Å². The summed E-state index contributed by atoms with van der Waals surface area (Å²) in [5, 5.41) is 11.3. The van der Waals surface area contributed by atoms with E-state index in [1.807, 2.05) is 0 Å². The van der Waals surface area contributed by atoms with Gasteiger partial charge in [-0.05, 0) is 18.6 Å². The van der Waals surface area contributed by atoms with E-state index in [0.29, 0.717) is 34.4 Å². The van der Waals surface area contributed by atoms with E-state index in [1.165, 1.54) is 20.3 Å². The van der Waals surface area contributed by atoms with Crippen LogP contribution in [0.1, 0.15) is 13.3 Å². The van der Waals surface area contributed by atoms with Gasteiger partial charge in [-0.2, -0.15) is 0 Å². The summed E-state index contributed by atoms with van der Waals surface area (Å²) in [7, 11) is -0.382. The Hall–Kier alpha value is -2.26. The second-order valence-electron chi connectivity index (χ2n) is 5.04. The minimum Gasteiger partial charge on any atom is -0.495 e. The second kappa shape index (κ2) is 8.21. The zero-order valence-electron chi connectivity index (χ0n) is 14.0. The number of rotatable bonds is 8. The van der Waals surface area contributed by atoms with Gasteiger partial charge < -0.3 is 14.8 Å². The summed E-state index contributed by atoms with van der Waals surface area (Å²) in [4.78, 5) is 0. The molecule has 0 aliphatic heterocycles. The van der Waals surface area contributed by atoms with E-state index in [-0.39, 0.29) is 11.6 Å². The highest BCUT2D eigenvalue weighted by molar-refractivity contribution is 7.92. The highest BCUT2D eigenvalue weighted by Crippen LogP contribution is 2.37. The highest BCUT2D eigenvalue weighted by Gasteiger charge is 2.12. The average molecular weight is 387 g/mol. The lowest BCUT2D eigenvalue weighted by molar-refractivity contribution is 0.405. The van der Waals surface area contributed by atoms with Crippen molar-refractivity contribution >= 4 is 38.9 Å². The van der Waals surface area contributed by atoms with Gasteiger partial charge in [0, 0.05) is 12.1 Å². The van der Waals surface area contributed by atoms with Crippen LogP contribution >= 0.6 is 11.6 Å². The fourth-order valence-electron chi connectivity index (χ4n) is 2.03. The molecule has 0 radical (unpaired) electrons. The predicted molar refractivity (Wildman–Crippen MR) is 97.6 cm³/mol. The lowest BCUT2D eigenvalue weighted by Crippen LogP contribution is -2.17. The van der Waals surface area contributed by atoms with E-state index >= 15 is 0 Å². The van der Waals surface area contributed by atoms with E-state index in [0.717, 1.165) is 0 Å². The number of anilines is 3. The minimum absolute atomic E-state index is 0.0243. The van der Waals surface area contributed by atoms with Crippen LogP contribution in [0.2, 0.25) is 5.02 Å². The maximum atomic E-state index is 11.7. The molecule has 0 aliphatic carbocycles. The summed E-state index contributed by atoms with van der Waals surface area (Å²) >= 11 is 6.07. The molecule has 0 saturated heterocycles. The van der Waals surface area contributed by atoms with Gasteiger partial charge in [0.25, 0.3) is 0 Å². The van der Waals surface area contributed by atoms with Gasteiger partial charge in [0.1, 0.15) is 11.5 Å². The highest BCUT2D eigenvalue weighted by atomic mass is 35.5. The molecule has 0 saturated carbocycles. The summed E-state index contributed by atoms with van der Waals surface area (Å²) in [6.07, 6.45) is 0.514. The molecule has 0 aliphatic rings. The first kappa shape index (κ1) is 19.1. The normalized spacial score (nSPS) is 11.0. The van der Waals surface area contributed by atoms with E-state index in [4.69, 9.17) is 21.1 Å². The van der Waals surface area contributed by atoms with Crippen molar-refractivity contribution in [3.05, 3.63) is 29.3 Å². The van der Waals surface area contributed by atoms with Crippen molar-refractivity contribution in [1.82, 2.24) is 10.2 Å². The molecular formula is C15H19ClN4O4S. The third kappa shape index (κ3) is 5.10. The van der Waals surface area contributed by atoms with Gasteiger partial charge in [-0.15, -0.1) is 10.2 Å². The van der Waals surface area contributed by atoms with Crippen LogP contribution in [0, 0.1) is 0 Å². The van der Waals surface area contributed by atoms with E-state index in [9.17, 15) is 8.42 Å². The topological polar surface area (TPSA) is 102 Å². The number of aromatic nitrogens is 2. The number of nitrogens with zero attached hydrogens (tertiary/aromatic N) is 2. The first-order chi connectivity index (χ1) is 11.9. The number of benzene rings is 1. The van der Waals surface area contributed by atoms with Gasteiger partial charge in [0.05, 0.1) is 30.7 Å². The predicted octanol–water partition coefficient (Wildman–Crippen LogP) is 3.04. The molecule has 10 heteroatoms. The molecular weight excluding hydrogens is 368 g/mol. The van der Waals surface area contributed by atoms with Crippen LogP contribution in [-0.2, 0) is 10.0 Å². The Morgan fingerprint density at radius 2 is 1.72 bits per heavy atom. The van der Waals surface area contributed by atoms with Gasteiger partial charge in [-0.3, -0.25) is 4.72 Å². The maximum Gasteiger partial charge on any atom is 0.233 e. The second-order valence-corrected chi connectivity index (χ2v) is 7.29. The molecule has 2 aromatic rings. The van der Waals surface area contributed by atoms with Crippen LogP contribution in [0.4, 0.5) is 17.3 Å². The minimum atomic E-state index is -3.40. The smallest absolute Gasteiger partial charge is 0.233 e. The Bertz CT molecular complexity index is 828. The SMILES string of the molecule is CCCS(=O)(=O)Nc1ccc(Nc2cc(OC)c(Cl)cc2OC)nn1. The Balaban J connectivity index is 2.19. The molecule has 1 aromatic heterocycles. The number of halogens is 1. The van der Waals surface area contributed by atoms with Crippen molar-refractivity contribution in [3.63, 3.8) is 0 Å². The summed E-state index contributed by atoms with van der Waals surface area (Å²) in [5.74, 6) is 1.55. The monoisotopic (exact) mass is 386 g/mol. The standard InChI is InChI=1S/C15H19ClN4O4S/c1-4-7-25(21,22)20-15-6-5-14(18-19-15)17-11-9-12(23-2)10(16)8-13(11)24-3/h5-6,8-9H,4,7H2,1-3H3,(H,17,18)(H,19,20). The Labute approximate surface area is 151 Å². The molecule has 8 nitrogen and oxygen atoms in total. The Kier molecular flexibility index (Phi) is 6.27. The van der Waals surface area contributed by atoms with Crippen LogP contribution in [0.5, 0.6) is 11.5 Å². The van der Waals surface area contributed by atoms with Crippen LogP contribution in [0.25, 0.3) is 0 Å². The van der Waals surface area contributed by atoms with Gasteiger partial charge >= 0.3 is 0 Å². The zero-order valence-corrected chi connectivity index (χ0v) is 15.6. The number of sulfonamides is 1. The summed E-state index contributed by atoms with van der Waals surface area (Å²) in [5.41, 5.74) is 0.581. The van der Waals surface area contributed by atoms with Crippen LogP contribution < -0.4 is 19.5 Å². The maximum absolute atomic E-state index is 11.7. The number of nitrogens with one attached hydrogen (secondary N) is 2. The van der Waals surface area contributed by atoms with Crippen LogP contribution in [-0.4, -0.2) is 38.6 Å². The molecule has 1 aromatic carbocycles. The molecule has 0 amide bonds. The Morgan fingerprint density at radius 3 is 2.28 bits per heavy atom. The van der Waals surface area contributed by atoms with Crippen molar-refractivity contribution in [3.8, 4) is 11.5 Å². The molecule has 2 rings (SSSR count). The number of hydrogen-bond donors (Lipinski definition) is 2. The Morgan fingerprint density at radius 1 is 1.08 bits per heavy atom. The fourth-order valence-corrected chi connectivity index (χ4v) is 3.33. The summed E-state index contributed by atoms with van der Waals surface area (Å²) in [6, 6.07) is 6.39. The number of methoxy groups -OCH3 is 2. The summed E-state index contributed by atoms with van der Waals surface area (Å²) < 4.78 is 36.3. The molecule has 2 N–H and O–H groups in total. The lowest BCUT2D eigenvalue weighted by Gasteiger charge is -2.13. The molecule has 25 heavy (non-hydrogen) atoms. The number of hydrogen-bond acceptors (Lipinski definition) is 7. The molecule has 0 spiro atoms. The van der Waals surface area contributed by atoms with Crippen molar-refractivity contribution in [2.45, 2.75) is 13.3 Å². The number of ether oxygens (including phenoxy) is 2. The zero-order chi connectivity index (χ0) is 18.4.